The molecule has 1 aromatic carbocycles. The van der Waals surface area contributed by atoms with Gasteiger partial charge in [0.25, 0.3) is 0 Å². The SMILES string of the molecule is CC(=O)N1CCN(C(=O)Cc2coc3ccccc23)CC1. The van der Waals surface area contributed by atoms with Crippen molar-refractivity contribution in [3.05, 3.63) is 36.1 Å². The van der Waals surface area contributed by atoms with Crippen molar-refractivity contribution in [2.45, 2.75) is 13.3 Å². The number of amides is 2. The molecule has 0 saturated carbocycles. The summed E-state index contributed by atoms with van der Waals surface area (Å²) in [4.78, 5) is 27.3. The van der Waals surface area contributed by atoms with Gasteiger partial charge in [-0.3, -0.25) is 9.59 Å². The highest BCUT2D eigenvalue weighted by Crippen LogP contribution is 2.21. The van der Waals surface area contributed by atoms with Crippen molar-refractivity contribution in [2.75, 3.05) is 26.2 Å². The van der Waals surface area contributed by atoms with E-state index in [9.17, 15) is 9.59 Å². The van der Waals surface area contributed by atoms with E-state index in [1.165, 1.54) is 0 Å². The van der Waals surface area contributed by atoms with E-state index < -0.39 is 0 Å². The first-order valence-electron chi connectivity index (χ1n) is 7.13. The second-order valence-electron chi connectivity index (χ2n) is 5.32. The molecule has 0 aliphatic carbocycles. The molecule has 2 heterocycles. The Morgan fingerprint density at radius 2 is 1.76 bits per heavy atom. The van der Waals surface area contributed by atoms with Crippen molar-refractivity contribution >= 4 is 22.8 Å². The second kappa shape index (κ2) is 5.60. The number of fused-ring (bicyclic) bond motifs is 1. The van der Waals surface area contributed by atoms with Crippen molar-refractivity contribution in [1.82, 2.24) is 9.80 Å². The van der Waals surface area contributed by atoms with E-state index in [4.69, 9.17) is 4.42 Å². The van der Waals surface area contributed by atoms with Crippen LogP contribution in [0.2, 0.25) is 0 Å². The van der Waals surface area contributed by atoms with Crippen LogP contribution in [0.15, 0.2) is 34.9 Å². The van der Waals surface area contributed by atoms with Crippen LogP contribution in [0.25, 0.3) is 11.0 Å². The molecule has 2 aromatic rings. The molecule has 21 heavy (non-hydrogen) atoms. The smallest absolute Gasteiger partial charge is 0.227 e. The minimum Gasteiger partial charge on any atom is -0.464 e. The number of nitrogens with zero attached hydrogens (tertiary/aromatic N) is 2. The standard InChI is InChI=1S/C16H18N2O3/c1-12(19)17-6-8-18(9-7-17)16(20)10-13-11-21-15-5-3-2-4-14(13)15/h2-5,11H,6-10H2,1H3. The normalized spacial score (nSPS) is 15.5. The van der Waals surface area contributed by atoms with Gasteiger partial charge in [0.1, 0.15) is 5.58 Å². The van der Waals surface area contributed by atoms with Crippen LogP contribution in [0.1, 0.15) is 12.5 Å². The Balaban J connectivity index is 1.66. The third kappa shape index (κ3) is 2.77. The number of carbonyl (C=O) groups excluding carboxylic acids is 2. The topological polar surface area (TPSA) is 53.8 Å². The first-order valence-corrected chi connectivity index (χ1v) is 7.13. The van der Waals surface area contributed by atoms with Crippen LogP contribution in [0.4, 0.5) is 0 Å². The van der Waals surface area contributed by atoms with Gasteiger partial charge >= 0.3 is 0 Å². The molecular weight excluding hydrogens is 268 g/mol. The van der Waals surface area contributed by atoms with E-state index in [1.807, 2.05) is 29.2 Å². The average Bonchev–Trinajstić information content (AvgIpc) is 2.91. The third-order valence-corrected chi connectivity index (χ3v) is 3.98. The average molecular weight is 286 g/mol. The summed E-state index contributed by atoms with van der Waals surface area (Å²) in [5, 5.41) is 0.994. The largest absolute Gasteiger partial charge is 0.464 e. The highest BCUT2D eigenvalue weighted by atomic mass is 16.3. The first-order chi connectivity index (χ1) is 10.1. The number of benzene rings is 1. The van der Waals surface area contributed by atoms with Crippen LogP contribution < -0.4 is 0 Å². The van der Waals surface area contributed by atoms with Gasteiger partial charge < -0.3 is 14.2 Å². The van der Waals surface area contributed by atoms with Crippen LogP contribution in [0.5, 0.6) is 0 Å². The summed E-state index contributed by atoms with van der Waals surface area (Å²) < 4.78 is 5.46. The quantitative estimate of drug-likeness (QED) is 0.844. The monoisotopic (exact) mass is 286 g/mol. The van der Waals surface area contributed by atoms with Crippen molar-refractivity contribution < 1.29 is 14.0 Å². The predicted octanol–water partition coefficient (Wildman–Crippen LogP) is 1.67. The van der Waals surface area contributed by atoms with Crippen molar-refractivity contribution in [3.8, 4) is 0 Å². The van der Waals surface area contributed by atoms with Crippen LogP contribution in [-0.2, 0) is 16.0 Å². The summed E-state index contributed by atoms with van der Waals surface area (Å²) >= 11 is 0. The number of carbonyl (C=O) groups is 2. The first kappa shape index (κ1) is 13.7. The van der Waals surface area contributed by atoms with Crippen molar-refractivity contribution in [1.29, 1.82) is 0 Å². The molecule has 1 fully saturated rings. The maximum absolute atomic E-state index is 12.4. The van der Waals surface area contributed by atoms with E-state index in [0.29, 0.717) is 32.6 Å². The molecule has 5 heteroatoms. The maximum atomic E-state index is 12.4. The molecule has 1 aliphatic rings. The van der Waals surface area contributed by atoms with Gasteiger partial charge in [0.2, 0.25) is 11.8 Å². The molecular formula is C16H18N2O3. The van der Waals surface area contributed by atoms with Gasteiger partial charge in [-0.05, 0) is 6.07 Å². The number of furan rings is 1. The molecule has 1 aliphatic heterocycles. The molecule has 5 nitrogen and oxygen atoms in total. The number of piperazine rings is 1. The number of rotatable bonds is 2. The minimum absolute atomic E-state index is 0.0722. The molecule has 1 saturated heterocycles. The molecule has 110 valence electrons. The van der Waals surface area contributed by atoms with Crippen LogP contribution >= 0.6 is 0 Å². The minimum atomic E-state index is 0.0722. The fraction of sp³-hybridized carbons (Fsp3) is 0.375. The molecule has 0 atom stereocenters. The van der Waals surface area contributed by atoms with Gasteiger partial charge in [-0.1, -0.05) is 18.2 Å². The molecule has 1 aromatic heterocycles. The Morgan fingerprint density at radius 1 is 1.10 bits per heavy atom. The Labute approximate surface area is 123 Å². The zero-order valence-electron chi connectivity index (χ0n) is 12.0. The fourth-order valence-corrected chi connectivity index (χ4v) is 2.72. The second-order valence-corrected chi connectivity index (χ2v) is 5.32. The molecule has 0 bridgehead atoms. The summed E-state index contributed by atoms with van der Waals surface area (Å²) in [6.45, 7) is 4.01. The maximum Gasteiger partial charge on any atom is 0.227 e. The zero-order chi connectivity index (χ0) is 14.8. The number of para-hydroxylation sites is 1. The van der Waals surface area contributed by atoms with Gasteiger partial charge in [0.15, 0.2) is 0 Å². The molecule has 0 unspecified atom stereocenters. The molecule has 0 N–H and O–H groups in total. The summed E-state index contributed by atoms with van der Waals surface area (Å²) in [7, 11) is 0. The lowest BCUT2D eigenvalue weighted by molar-refractivity contribution is -0.138. The van der Waals surface area contributed by atoms with Gasteiger partial charge in [-0.25, -0.2) is 0 Å². The Bertz CT molecular complexity index is 669. The summed E-state index contributed by atoms with van der Waals surface area (Å²) in [5.41, 5.74) is 1.73. The summed E-state index contributed by atoms with van der Waals surface area (Å²) in [6.07, 6.45) is 2.01. The zero-order valence-corrected chi connectivity index (χ0v) is 12.0. The van der Waals surface area contributed by atoms with E-state index >= 15 is 0 Å². The highest BCUT2D eigenvalue weighted by Gasteiger charge is 2.23. The number of hydrogen-bond acceptors (Lipinski definition) is 3. The van der Waals surface area contributed by atoms with E-state index in [1.54, 1.807) is 18.1 Å². The Kier molecular flexibility index (Phi) is 3.64. The lowest BCUT2D eigenvalue weighted by atomic mass is 10.1. The fourth-order valence-electron chi connectivity index (χ4n) is 2.72. The Morgan fingerprint density at radius 3 is 2.48 bits per heavy atom. The van der Waals surface area contributed by atoms with Gasteiger partial charge in [-0.15, -0.1) is 0 Å². The van der Waals surface area contributed by atoms with Gasteiger partial charge in [0.05, 0.1) is 12.7 Å². The lowest BCUT2D eigenvalue weighted by Crippen LogP contribution is -2.50. The highest BCUT2D eigenvalue weighted by molar-refractivity contribution is 5.87. The number of hydrogen-bond donors (Lipinski definition) is 0. The van der Waals surface area contributed by atoms with Crippen LogP contribution in [0, 0.1) is 0 Å². The van der Waals surface area contributed by atoms with Gasteiger partial charge in [0, 0.05) is 44.1 Å². The third-order valence-electron chi connectivity index (χ3n) is 3.98. The van der Waals surface area contributed by atoms with Crippen molar-refractivity contribution in [3.63, 3.8) is 0 Å². The Hall–Kier alpha value is -2.30. The molecule has 3 rings (SSSR count). The van der Waals surface area contributed by atoms with E-state index in [-0.39, 0.29) is 11.8 Å². The van der Waals surface area contributed by atoms with E-state index in [2.05, 4.69) is 0 Å². The summed E-state index contributed by atoms with van der Waals surface area (Å²) in [5.74, 6) is 0.160. The molecule has 0 radical (unpaired) electrons. The van der Waals surface area contributed by atoms with Gasteiger partial charge in [-0.2, -0.15) is 0 Å². The van der Waals surface area contributed by atoms with E-state index in [0.717, 1.165) is 16.5 Å². The predicted molar refractivity (Wildman–Crippen MR) is 78.8 cm³/mol. The molecule has 2 amide bonds. The van der Waals surface area contributed by atoms with Crippen LogP contribution in [-0.4, -0.2) is 47.8 Å². The van der Waals surface area contributed by atoms with Crippen molar-refractivity contribution in [2.24, 2.45) is 0 Å². The van der Waals surface area contributed by atoms with Crippen LogP contribution in [0.3, 0.4) is 0 Å². The molecule has 0 spiro atoms. The summed E-state index contributed by atoms with van der Waals surface area (Å²) in [6, 6.07) is 7.72. The lowest BCUT2D eigenvalue weighted by Gasteiger charge is -2.34.